The number of fused-ring (bicyclic) bond motifs is 1. The van der Waals surface area contributed by atoms with E-state index in [9.17, 15) is 14.7 Å². The van der Waals surface area contributed by atoms with Crippen molar-refractivity contribution in [3.63, 3.8) is 0 Å². The molecule has 4 N–H and O–H groups in total. The number of hydrogen-bond acceptors (Lipinski definition) is 3. The zero-order valence-electron chi connectivity index (χ0n) is 11.2. The van der Waals surface area contributed by atoms with Crippen molar-refractivity contribution in [1.29, 1.82) is 0 Å². The predicted molar refractivity (Wildman–Crippen MR) is 72.5 cm³/mol. The number of nitrogens with one attached hydrogen (secondary N) is 2. The maximum absolute atomic E-state index is 11.6. The fraction of sp³-hybridized carbons (Fsp3) is 0.429. The molecule has 2 amide bonds. The van der Waals surface area contributed by atoms with E-state index in [-0.39, 0.29) is 5.92 Å². The number of urea groups is 1. The molecule has 0 saturated carbocycles. The van der Waals surface area contributed by atoms with Gasteiger partial charge in [0, 0.05) is 12.5 Å². The fourth-order valence-corrected chi connectivity index (χ4v) is 2.34. The van der Waals surface area contributed by atoms with Gasteiger partial charge in [0.15, 0.2) is 6.04 Å². The average Bonchev–Trinajstić information content (AvgIpc) is 2.36. The Bertz CT molecular complexity index is 516. The third-order valence-corrected chi connectivity index (χ3v) is 3.51. The second-order valence-corrected chi connectivity index (χ2v) is 5.01. The van der Waals surface area contributed by atoms with Crippen LogP contribution in [0.2, 0.25) is 0 Å². The zero-order valence-corrected chi connectivity index (χ0v) is 11.2. The van der Waals surface area contributed by atoms with Crippen LogP contribution in [0, 0.1) is 0 Å². The van der Waals surface area contributed by atoms with Crippen LogP contribution >= 0.6 is 0 Å². The molecule has 3 atom stereocenters. The highest BCUT2D eigenvalue weighted by molar-refractivity contribution is 5.83. The maximum Gasteiger partial charge on any atom is 0.328 e. The highest BCUT2D eigenvalue weighted by Gasteiger charge is 2.27. The molecular weight excluding hydrogens is 260 g/mol. The topological polar surface area (TPSA) is 98.7 Å². The van der Waals surface area contributed by atoms with Crippen molar-refractivity contribution < 1.29 is 19.8 Å². The molecular formula is C14H18N2O4. The standard InChI is InChI=1S/C14H18N2O4/c1-8(17)12(13(18)19)16-14(20)15-7-10-6-9-4-2-3-5-11(9)10/h2-5,8,10,12,17H,6-7H2,1H3,(H,18,19)(H2,15,16,20)/t8-,10?,12+/m1/s1. The Morgan fingerprint density at radius 3 is 2.70 bits per heavy atom. The quantitative estimate of drug-likeness (QED) is 0.629. The second-order valence-electron chi connectivity index (χ2n) is 5.01. The summed E-state index contributed by atoms with van der Waals surface area (Å²) in [5.74, 6) is -0.990. The Hall–Kier alpha value is -2.08. The molecule has 0 radical (unpaired) electrons. The summed E-state index contributed by atoms with van der Waals surface area (Å²) in [6, 6.07) is 6.14. The van der Waals surface area contributed by atoms with Crippen molar-refractivity contribution in [3.05, 3.63) is 35.4 Å². The normalized spacial score (nSPS) is 19.2. The molecule has 6 nitrogen and oxygen atoms in total. The van der Waals surface area contributed by atoms with Crippen LogP contribution in [0.4, 0.5) is 4.79 Å². The molecule has 2 rings (SSSR count). The van der Waals surface area contributed by atoms with E-state index in [2.05, 4.69) is 16.7 Å². The van der Waals surface area contributed by atoms with E-state index in [1.807, 2.05) is 18.2 Å². The van der Waals surface area contributed by atoms with Crippen molar-refractivity contribution in [2.24, 2.45) is 0 Å². The monoisotopic (exact) mass is 278 g/mol. The number of carbonyl (C=O) groups is 2. The van der Waals surface area contributed by atoms with Gasteiger partial charge in [-0.2, -0.15) is 0 Å². The van der Waals surface area contributed by atoms with Crippen molar-refractivity contribution in [1.82, 2.24) is 10.6 Å². The van der Waals surface area contributed by atoms with Crippen LogP contribution in [0.1, 0.15) is 24.0 Å². The molecule has 1 aliphatic rings. The third kappa shape index (κ3) is 3.08. The second kappa shape index (κ2) is 5.92. The first kappa shape index (κ1) is 14.3. The predicted octanol–water partition coefficient (Wildman–Crippen LogP) is 0.459. The first-order chi connectivity index (χ1) is 9.49. The van der Waals surface area contributed by atoms with Crippen LogP contribution in [0.15, 0.2) is 24.3 Å². The minimum absolute atomic E-state index is 0.270. The largest absolute Gasteiger partial charge is 0.480 e. The van der Waals surface area contributed by atoms with Crippen LogP contribution in [0.25, 0.3) is 0 Å². The molecule has 1 aromatic carbocycles. The van der Waals surface area contributed by atoms with Gasteiger partial charge in [0.25, 0.3) is 0 Å². The Balaban J connectivity index is 1.81. The van der Waals surface area contributed by atoms with Crippen LogP contribution in [0.3, 0.4) is 0 Å². The van der Waals surface area contributed by atoms with Crippen LogP contribution in [-0.2, 0) is 11.2 Å². The average molecular weight is 278 g/mol. The minimum Gasteiger partial charge on any atom is -0.480 e. The zero-order chi connectivity index (χ0) is 14.7. The molecule has 1 unspecified atom stereocenters. The molecule has 0 spiro atoms. The number of amides is 2. The van der Waals surface area contributed by atoms with E-state index in [1.165, 1.54) is 18.1 Å². The number of carbonyl (C=O) groups excluding carboxylic acids is 1. The van der Waals surface area contributed by atoms with Crippen molar-refractivity contribution in [3.8, 4) is 0 Å². The lowest BCUT2D eigenvalue weighted by Gasteiger charge is -2.30. The molecule has 0 aliphatic heterocycles. The van der Waals surface area contributed by atoms with E-state index >= 15 is 0 Å². The number of hydrogen-bond donors (Lipinski definition) is 4. The summed E-state index contributed by atoms with van der Waals surface area (Å²) < 4.78 is 0. The van der Waals surface area contributed by atoms with Gasteiger partial charge >= 0.3 is 12.0 Å². The van der Waals surface area contributed by atoms with Gasteiger partial charge in [0.05, 0.1) is 6.10 Å². The molecule has 1 aromatic rings. The summed E-state index contributed by atoms with van der Waals surface area (Å²) in [7, 11) is 0. The smallest absolute Gasteiger partial charge is 0.328 e. The summed E-state index contributed by atoms with van der Waals surface area (Å²) in [5.41, 5.74) is 2.50. The summed E-state index contributed by atoms with van der Waals surface area (Å²) in [6.07, 6.45) is -0.238. The van der Waals surface area contributed by atoms with E-state index in [4.69, 9.17) is 5.11 Å². The lowest BCUT2D eigenvalue weighted by molar-refractivity contribution is -0.141. The molecule has 0 aromatic heterocycles. The summed E-state index contributed by atoms with van der Waals surface area (Å²) in [6.45, 7) is 1.77. The summed E-state index contributed by atoms with van der Waals surface area (Å²) in [4.78, 5) is 22.5. The number of carboxylic acids is 1. The van der Waals surface area contributed by atoms with Gasteiger partial charge in [-0.1, -0.05) is 24.3 Å². The van der Waals surface area contributed by atoms with Gasteiger partial charge in [0.1, 0.15) is 0 Å². The molecule has 1 aliphatic carbocycles. The molecule has 20 heavy (non-hydrogen) atoms. The summed E-state index contributed by atoms with van der Waals surface area (Å²) >= 11 is 0. The summed E-state index contributed by atoms with van der Waals surface area (Å²) in [5, 5.41) is 23.0. The van der Waals surface area contributed by atoms with Gasteiger partial charge < -0.3 is 20.8 Å². The molecule has 0 bridgehead atoms. The first-order valence-corrected chi connectivity index (χ1v) is 6.52. The van der Waals surface area contributed by atoms with E-state index < -0.39 is 24.1 Å². The number of rotatable bonds is 5. The van der Waals surface area contributed by atoms with Crippen LogP contribution in [-0.4, -0.2) is 40.9 Å². The first-order valence-electron chi connectivity index (χ1n) is 6.52. The Morgan fingerprint density at radius 2 is 2.10 bits per heavy atom. The number of carboxylic acid groups (broad SMARTS) is 1. The molecule has 0 heterocycles. The highest BCUT2D eigenvalue weighted by atomic mass is 16.4. The van der Waals surface area contributed by atoms with Crippen LogP contribution < -0.4 is 10.6 Å². The van der Waals surface area contributed by atoms with E-state index in [1.54, 1.807) is 0 Å². The lowest BCUT2D eigenvalue weighted by atomic mass is 9.78. The van der Waals surface area contributed by atoms with Gasteiger partial charge in [-0.25, -0.2) is 9.59 Å². The lowest BCUT2D eigenvalue weighted by Crippen LogP contribution is -2.51. The number of aliphatic hydroxyl groups is 1. The van der Waals surface area contributed by atoms with Crippen molar-refractivity contribution in [2.75, 3.05) is 6.54 Å². The molecule has 0 saturated heterocycles. The number of benzene rings is 1. The maximum atomic E-state index is 11.6. The van der Waals surface area contributed by atoms with E-state index in [0.717, 1.165) is 6.42 Å². The molecule has 0 fully saturated rings. The van der Waals surface area contributed by atoms with Crippen molar-refractivity contribution >= 4 is 12.0 Å². The van der Waals surface area contributed by atoms with Crippen molar-refractivity contribution in [2.45, 2.75) is 31.4 Å². The third-order valence-electron chi connectivity index (χ3n) is 3.51. The van der Waals surface area contributed by atoms with Crippen LogP contribution in [0.5, 0.6) is 0 Å². The van der Waals surface area contributed by atoms with Gasteiger partial charge in [-0.05, 0) is 24.5 Å². The SMILES string of the molecule is C[C@@H](O)[C@H](NC(=O)NCC1Cc2ccccc21)C(=O)O. The Morgan fingerprint density at radius 1 is 1.40 bits per heavy atom. The number of aliphatic carboxylic acids is 1. The van der Waals surface area contributed by atoms with Gasteiger partial charge in [-0.15, -0.1) is 0 Å². The van der Waals surface area contributed by atoms with Gasteiger partial charge in [-0.3, -0.25) is 0 Å². The van der Waals surface area contributed by atoms with Gasteiger partial charge in [0.2, 0.25) is 0 Å². The molecule has 6 heteroatoms. The Kier molecular flexibility index (Phi) is 4.24. The molecule has 108 valence electrons. The Labute approximate surface area is 116 Å². The number of aliphatic hydroxyl groups excluding tert-OH is 1. The highest BCUT2D eigenvalue weighted by Crippen LogP contribution is 2.33. The minimum atomic E-state index is -1.30. The fourth-order valence-electron chi connectivity index (χ4n) is 2.34. The van der Waals surface area contributed by atoms with E-state index in [0.29, 0.717) is 6.54 Å².